The zero-order chi connectivity index (χ0) is 16.1. The molecule has 8 heteroatoms. The maximum Gasteiger partial charge on any atom is 0.305 e. The molecule has 2 fully saturated rings. The van der Waals surface area contributed by atoms with Crippen molar-refractivity contribution in [3.05, 3.63) is 24.3 Å². The average Bonchev–Trinajstić information content (AvgIpc) is 3.17. The Bertz CT molecular complexity index is 651. The summed E-state index contributed by atoms with van der Waals surface area (Å²) in [6.07, 6.45) is 11.0. The molecule has 2 saturated carbocycles. The first-order valence-corrected chi connectivity index (χ1v) is 10.5. The van der Waals surface area contributed by atoms with Crippen LogP contribution in [0.4, 0.5) is 3.89 Å². The molecule has 5 nitrogen and oxygen atoms in total. The van der Waals surface area contributed by atoms with Crippen LogP contribution in [0.15, 0.2) is 24.3 Å². The first-order chi connectivity index (χ1) is 10.1. The van der Waals surface area contributed by atoms with E-state index in [4.69, 9.17) is 5.14 Å². The van der Waals surface area contributed by atoms with E-state index in [1.54, 1.807) is 0 Å². The summed E-state index contributed by atoms with van der Waals surface area (Å²) in [4.78, 5) is 0. The van der Waals surface area contributed by atoms with Crippen LogP contribution < -0.4 is 5.14 Å². The molecule has 0 radical (unpaired) electrons. The fourth-order valence-corrected chi connectivity index (χ4v) is 6.46. The van der Waals surface area contributed by atoms with Gasteiger partial charge in [0, 0.05) is 0 Å². The summed E-state index contributed by atoms with van der Waals surface area (Å²) in [6.45, 7) is 0. The van der Waals surface area contributed by atoms with Crippen molar-refractivity contribution in [1.29, 1.82) is 0 Å². The van der Waals surface area contributed by atoms with Crippen LogP contribution in [0.2, 0.25) is 0 Å². The summed E-state index contributed by atoms with van der Waals surface area (Å²) < 4.78 is 55.5. The summed E-state index contributed by atoms with van der Waals surface area (Å²) in [5.41, 5.74) is 0. The molecule has 0 aromatic rings. The van der Waals surface area contributed by atoms with Gasteiger partial charge in [-0.25, -0.2) is 13.6 Å². The van der Waals surface area contributed by atoms with Gasteiger partial charge in [-0.05, 0) is 49.4 Å². The van der Waals surface area contributed by atoms with Gasteiger partial charge in [0.1, 0.15) is 0 Å². The quantitative estimate of drug-likeness (QED) is 0.603. The van der Waals surface area contributed by atoms with Gasteiger partial charge in [0.15, 0.2) is 0 Å². The molecule has 22 heavy (non-hydrogen) atoms. The molecule has 0 amide bonds. The number of allylic oxidation sites excluding steroid dienone is 4. The second kappa shape index (κ2) is 5.42. The average molecular weight is 349 g/mol. The van der Waals surface area contributed by atoms with Crippen LogP contribution in [-0.2, 0) is 20.2 Å². The molecular formula is C14H20FNO4S2. The standard InChI is InChI=1S/C7H9FO2S.C7H11NO2S/c2*8-11(9,10)7-4-5-1-2-6(7)3-5/h1-2,5-7H,3-4H2;1-2,5-7H,3-4H2,(H2,8,9,10). The monoisotopic (exact) mass is 349 g/mol. The van der Waals surface area contributed by atoms with E-state index >= 15 is 0 Å². The Morgan fingerprint density at radius 3 is 1.41 bits per heavy atom. The van der Waals surface area contributed by atoms with Crippen LogP contribution in [0.3, 0.4) is 0 Å². The molecule has 4 rings (SSSR count). The molecule has 124 valence electrons. The molecule has 0 spiro atoms. The van der Waals surface area contributed by atoms with Crippen molar-refractivity contribution in [3.63, 3.8) is 0 Å². The summed E-state index contributed by atoms with van der Waals surface area (Å²) in [5, 5.41) is 4.03. The molecule has 0 aromatic heterocycles. The van der Waals surface area contributed by atoms with E-state index in [1.807, 2.05) is 18.2 Å². The maximum atomic E-state index is 12.5. The van der Waals surface area contributed by atoms with Gasteiger partial charge in [0.2, 0.25) is 10.0 Å². The minimum absolute atomic E-state index is 0.0463. The molecule has 4 aliphatic carbocycles. The highest BCUT2D eigenvalue weighted by atomic mass is 32.3. The third-order valence-corrected chi connectivity index (χ3v) is 7.87. The van der Waals surface area contributed by atoms with Gasteiger partial charge in [-0.15, -0.1) is 3.89 Å². The zero-order valence-corrected chi connectivity index (χ0v) is 13.6. The van der Waals surface area contributed by atoms with Gasteiger partial charge in [-0.1, -0.05) is 24.3 Å². The third kappa shape index (κ3) is 3.14. The lowest BCUT2D eigenvalue weighted by molar-refractivity contribution is 0.517. The molecule has 0 aromatic carbocycles. The number of nitrogens with two attached hydrogens (primary N) is 1. The smallest absolute Gasteiger partial charge is 0.228 e. The van der Waals surface area contributed by atoms with Crippen molar-refractivity contribution in [2.45, 2.75) is 36.2 Å². The number of hydrogen-bond acceptors (Lipinski definition) is 4. The number of fused-ring (bicyclic) bond motifs is 4. The Kier molecular flexibility index (Phi) is 3.98. The molecule has 4 aliphatic rings. The Hall–Kier alpha value is -0.730. The van der Waals surface area contributed by atoms with Gasteiger partial charge in [-0.2, -0.15) is 8.42 Å². The molecule has 2 N–H and O–H groups in total. The van der Waals surface area contributed by atoms with E-state index in [9.17, 15) is 20.7 Å². The van der Waals surface area contributed by atoms with Gasteiger partial charge in [-0.3, -0.25) is 0 Å². The Balaban J connectivity index is 0.000000131. The normalized spacial score (nSPS) is 41.7. The van der Waals surface area contributed by atoms with E-state index < -0.39 is 25.5 Å². The van der Waals surface area contributed by atoms with Crippen LogP contribution in [-0.4, -0.2) is 27.3 Å². The summed E-state index contributed by atoms with van der Waals surface area (Å²) >= 11 is 0. The lowest BCUT2D eigenvalue weighted by Crippen LogP contribution is -2.31. The second-order valence-corrected chi connectivity index (χ2v) is 10.0. The van der Waals surface area contributed by atoms with Gasteiger partial charge in [0.25, 0.3) is 0 Å². The zero-order valence-electron chi connectivity index (χ0n) is 12.0. The lowest BCUT2D eigenvalue weighted by atomic mass is 10.1. The number of halogens is 1. The van der Waals surface area contributed by atoms with Crippen LogP contribution in [0.25, 0.3) is 0 Å². The Labute approximate surface area is 130 Å². The summed E-state index contributed by atoms with van der Waals surface area (Å²) in [7, 11) is -7.57. The number of sulfonamides is 1. The van der Waals surface area contributed by atoms with E-state index in [2.05, 4.69) is 6.08 Å². The van der Waals surface area contributed by atoms with Crippen molar-refractivity contribution >= 4 is 20.2 Å². The Morgan fingerprint density at radius 1 is 0.773 bits per heavy atom. The van der Waals surface area contributed by atoms with Crippen molar-refractivity contribution in [2.24, 2.45) is 28.8 Å². The Morgan fingerprint density at radius 2 is 1.23 bits per heavy atom. The summed E-state index contributed by atoms with van der Waals surface area (Å²) in [5.74, 6) is 0.948. The van der Waals surface area contributed by atoms with Crippen LogP contribution in [0.1, 0.15) is 25.7 Å². The first kappa shape index (κ1) is 16.1. The van der Waals surface area contributed by atoms with E-state index in [1.165, 1.54) is 0 Å². The maximum absolute atomic E-state index is 12.5. The molecule has 6 unspecified atom stereocenters. The highest BCUT2D eigenvalue weighted by molar-refractivity contribution is 7.89. The van der Waals surface area contributed by atoms with E-state index in [-0.39, 0.29) is 17.1 Å². The van der Waals surface area contributed by atoms with E-state index in [0.717, 1.165) is 19.3 Å². The number of hydrogen-bond donors (Lipinski definition) is 1. The molecule has 6 atom stereocenters. The molecule has 0 saturated heterocycles. The van der Waals surface area contributed by atoms with E-state index in [0.29, 0.717) is 18.3 Å². The minimum Gasteiger partial charge on any atom is -0.228 e. The van der Waals surface area contributed by atoms with Gasteiger partial charge in [0.05, 0.1) is 10.5 Å². The molecule has 4 bridgehead atoms. The molecule has 0 aliphatic heterocycles. The molecular weight excluding hydrogens is 329 g/mol. The topological polar surface area (TPSA) is 94.3 Å². The predicted octanol–water partition coefficient (Wildman–Crippen LogP) is 1.49. The molecule has 0 heterocycles. The van der Waals surface area contributed by atoms with Crippen LogP contribution in [0, 0.1) is 23.7 Å². The van der Waals surface area contributed by atoms with Crippen LogP contribution >= 0.6 is 0 Å². The minimum atomic E-state index is -4.28. The van der Waals surface area contributed by atoms with Crippen molar-refractivity contribution in [3.8, 4) is 0 Å². The van der Waals surface area contributed by atoms with Gasteiger partial charge >= 0.3 is 10.2 Å². The third-order valence-electron chi connectivity index (χ3n) is 5.22. The predicted molar refractivity (Wildman–Crippen MR) is 81.4 cm³/mol. The lowest BCUT2D eigenvalue weighted by Gasteiger charge is -2.14. The largest absolute Gasteiger partial charge is 0.305 e. The van der Waals surface area contributed by atoms with Gasteiger partial charge < -0.3 is 0 Å². The highest BCUT2D eigenvalue weighted by Crippen LogP contribution is 2.43. The van der Waals surface area contributed by atoms with Crippen molar-refractivity contribution in [1.82, 2.24) is 0 Å². The fourth-order valence-electron chi connectivity index (χ4n) is 4.16. The first-order valence-electron chi connectivity index (χ1n) is 7.46. The number of rotatable bonds is 2. The SMILES string of the molecule is NS(=O)(=O)C1CC2C=CC1C2.O=S(=O)(F)C1CC2C=CC1C2. The highest BCUT2D eigenvalue weighted by Gasteiger charge is 2.43. The summed E-state index contributed by atoms with van der Waals surface area (Å²) in [6, 6.07) is 0. The van der Waals surface area contributed by atoms with Crippen LogP contribution in [0.5, 0.6) is 0 Å². The van der Waals surface area contributed by atoms with Crippen molar-refractivity contribution < 1.29 is 20.7 Å². The van der Waals surface area contributed by atoms with Crippen molar-refractivity contribution in [2.75, 3.05) is 0 Å². The second-order valence-electron chi connectivity index (χ2n) is 6.70. The fraction of sp³-hybridized carbons (Fsp3) is 0.714. The number of primary sulfonamides is 1.